The van der Waals surface area contributed by atoms with Gasteiger partial charge in [-0.1, -0.05) is 164 Å². The van der Waals surface area contributed by atoms with E-state index in [1.54, 1.807) is 0 Å². The van der Waals surface area contributed by atoms with E-state index in [0.717, 1.165) is 44.9 Å². The number of unbranched alkanes of at least 4 members (excludes halogenated alkanes) is 19. The molecular weight excluding hydrogens is 773 g/mol. The molecule has 1 rings (SSSR count). The van der Waals surface area contributed by atoms with E-state index < -0.39 is 55.4 Å². The number of hydrogen-bond donors (Lipinski definition) is 4. The first kappa shape index (κ1) is 56.4. The fourth-order valence-electron chi connectivity index (χ4n) is 7.00. The molecule has 0 aromatic rings. The summed E-state index contributed by atoms with van der Waals surface area (Å²) >= 11 is 0. The summed E-state index contributed by atoms with van der Waals surface area (Å²) in [6.45, 7) is 3.35. The molecule has 0 aromatic carbocycles. The van der Waals surface area contributed by atoms with Crippen molar-refractivity contribution >= 4 is 11.9 Å². The molecule has 10 nitrogen and oxygen atoms in total. The number of aliphatic hydroxyl groups excluding tert-OH is 4. The van der Waals surface area contributed by atoms with Gasteiger partial charge in [0.1, 0.15) is 31.0 Å². The Balaban J connectivity index is 2.35. The van der Waals surface area contributed by atoms with Crippen molar-refractivity contribution in [1.82, 2.24) is 0 Å². The van der Waals surface area contributed by atoms with Gasteiger partial charge in [-0.15, -0.1) is 0 Å². The van der Waals surface area contributed by atoms with Crippen LogP contribution in [0.2, 0.25) is 0 Å². The maximum atomic E-state index is 12.8. The van der Waals surface area contributed by atoms with Crippen molar-refractivity contribution in [2.45, 2.75) is 230 Å². The molecule has 0 saturated carbocycles. The lowest BCUT2D eigenvalue weighted by molar-refractivity contribution is -0.305. The van der Waals surface area contributed by atoms with Gasteiger partial charge in [0.05, 0.1) is 13.2 Å². The van der Waals surface area contributed by atoms with Crippen LogP contribution < -0.4 is 0 Å². The van der Waals surface area contributed by atoms with Crippen LogP contribution in [0.15, 0.2) is 60.8 Å². The number of carbonyl (C=O) groups is 2. The van der Waals surface area contributed by atoms with E-state index in [9.17, 15) is 30.0 Å². The van der Waals surface area contributed by atoms with Gasteiger partial charge in [0.15, 0.2) is 12.4 Å². The van der Waals surface area contributed by atoms with Crippen LogP contribution >= 0.6 is 0 Å². The minimum atomic E-state index is -1.61. The number of carbonyl (C=O) groups excluding carboxylic acids is 2. The summed E-state index contributed by atoms with van der Waals surface area (Å²) in [4.78, 5) is 25.3. The summed E-state index contributed by atoms with van der Waals surface area (Å²) in [7, 11) is 0. The van der Waals surface area contributed by atoms with E-state index in [1.165, 1.54) is 109 Å². The SMILES string of the molecule is CCCCCCCCC/C=C/C/C=C/C/C=C/C/C=C/CCCC(=O)OC[C@@H](CO[C@H]1O[C@@H](CO)[C@@H](O)C(O)C1O)OC(=O)CCCC/C=C/CCCCCCCCCCC. The molecule has 0 radical (unpaired) electrons. The maximum Gasteiger partial charge on any atom is 0.306 e. The molecule has 1 aliphatic rings. The first-order chi connectivity index (χ1) is 29.8. The average Bonchev–Trinajstić information content (AvgIpc) is 3.26. The highest BCUT2D eigenvalue weighted by Crippen LogP contribution is 2.22. The molecule has 61 heavy (non-hydrogen) atoms. The largest absolute Gasteiger partial charge is 0.462 e. The predicted molar refractivity (Wildman–Crippen MR) is 247 cm³/mol. The molecule has 0 spiro atoms. The van der Waals surface area contributed by atoms with Crippen LogP contribution in [0.4, 0.5) is 0 Å². The van der Waals surface area contributed by atoms with Crippen LogP contribution in [-0.2, 0) is 28.5 Å². The van der Waals surface area contributed by atoms with E-state index in [1.807, 2.05) is 0 Å². The molecule has 6 atom stereocenters. The van der Waals surface area contributed by atoms with Gasteiger partial charge in [0, 0.05) is 12.8 Å². The molecular formula is C51H88O10. The van der Waals surface area contributed by atoms with Crippen molar-refractivity contribution in [1.29, 1.82) is 0 Å². The molecule has 1 heterocycles. The zero-order chi connectivity index (χ0) is 44.4. The van der Waals surface area contributed by atoms with Gasteiger partial charge < -0.3 is 39.4 Å². The third kappa shape index (κ3) is 32.7. The summed E-state index contributed by atoms with van der Waals surface area (Å²) in [6.07, 6.45) is 43.8. The topological polar surface area (TPSA) is 152 Å². The van der Waals surface area contributed by atoms with Crippen LogP contribution in [-0.4, -0.2) is 89.0 Å². The molecule has 1 saturated heterocycles. The lowest BCUT2D eigenvalue weighted by Gasteiger charge is -2.39. The van der Waals surface area contributed by atoms with Crippen molar-refractivity contribution in [3.63, 3.8) is 0 Å². The fourth-order valence-corrected chi connectivity index (χ4v) is 7.00. The normalized spacial score (nSPS) is 20.3. The van der Waals surface area contributed by atoms with Gasteiger partial charge in [0.25, 0.3) is 0 Å². The lowest BCUT2D eigenvalue weighted by atomic mass is 9.99. The Kier molecular flexibility index (Phi) is 38.3. The predicted octanol–water partition coefficient (Wildman–Crippen LogP) is 11.0. The molecule has 10 heteroatoms. The van der Waals surface area contributed by atoms with Crippen molar-refractivity contribution in [2.24, 2.45) is 0 Å². The zero-order valence-electron chi connectivity index (χ0n) is 38.4. The second kappa shape index (κ2) is 41.4. The second-order valence-corrected chi connectivity index (χ2v) is 16.6. The Morgan fingerprint density at radius 2 is 0.934 bits per heavy atom. The smallest absolute Gasteiger partial charge is 0.306 e. The first-order valence-electron chi connectivity index (χ1n) is 24.4. The minimum Gasteiger partial charge on any atom is -0.462 e. The third-order valence-electron chi connectivity index (χ3n) is 10.9. The average molecular weight is 861 g/mol. The summed E-state index contributed by atoms with van der Waals surface area (Å²) in [5, 5.41) is 40.1. The third-order valence-corrected chi connectivity index (χ3v) is 10.9. The Morgan fingerprint density at radius 1 is 0.508 bits per heavy atom. The fraction of sp³-hybridized carbons (Fsp3) is 0.765. The van der Waals surface area contributed by atoms with Crippen molar-refractivity contribution < 1.29 is 49.0 Å². The number of esters is 2. The highest BCUT2D eigenvalue weighted by molar-refractivity contribution is 5.70. The van der Waals surface area contributed by atoms with Crippen molar-refractivity contribution in [3.8, 4) is 0 Å². The van der Waals surface area contributed by atoms with E-state index >= 15 is 0 Å². The van der Waals surface area contributed by atoms with Crippen LogP contribution in [0.25, 0.3) is 0 Å². The molecule has 1 aliphatic heterocycles. The Labute approximate surface area is 370 Å². The number of aliphatic hydroxyl groups is 4. The number of allylic oxidation sites excluding steroid dienone is 10. The first-order valence-corrected chi connectivity index (χ1v) is 24.4. The molecule has 4 N–H and O–H groups in total. The molecule has 0 aliphatic carbocycles. The van der Waals surface area contributed by atoms with E-state index in [2.05, 4.69) is 74.6 Å². The Hall–Kier alpha value is -2.60. The highest BCUT2D eigenvalue weighted by atomic mass is 16.7. The number of ether oxygens (including phenoxy) is 4. The summed E-state index contributed by atoms with van der Waals surface area (Å²) in [6, 6.07) is 0. The van der Waals surface area contributed by atoms with Crippen LogP contribution in [0.3, 0.4) is 0 Å². The molecule has 1 fully saturated rings. The van der Waals surface area contributed by atoms with E-state index in [-0.39, 0.29) is 26.1 Å². The van der Waals surface area contributed by atoms with Gasteiger partial charge in [-0.3, -0.25) is 9.59 Å². The van der Waals surface area contributed by atoms with Gasteiger partial charge in [0.2, 0.25) is 0 Å². The van der Waals surface area contributed by atoms with Crippen LogP contribution in [0.5, 0.6) is 0 Å². The maximum absolute atomic E-state index is 12.8. The van der Waals surface area contributed by atoms with Gasteiger partial charge in [-0.05, 0) is 77.0 Å². The van der Waals surface area contributed by atoms with Gasteiger partial charge in [-0.2, -0.15) is 0 Å². The summed E-state index contributed by atoms with van der Waals surface area (Å²) in [5.74, 6) is -0.898. The summed E-state index contributed by atoms with van der Waals surface area (Å²) in [5.41, 5.74) is 0. The summed E-state index contributed by atoms with van der Waals surface area (Å²) < 4.78 is 22.1. The zero-order valence-corrected chi connectivity index (χ0v) is 38.4. The Bertz CT molecular complexity index is 1180. The van der Waals surface area contributed by atoms with Crippen LogP contribution in [0, 0.1) is 0 Å². The quantitative estimate of drug-likeness (QED) is 0.0266. The van der Waals surface area contributed by atoms with Gasteiger partial charge in [-0.25, -0.2) is 0 Å². The molecule has 352 valence electrons. The standard InChI is InChI=1S/C51H88O10/c1-3-5-7-9-11-13-15-17-19-20-21-22-23-24-26-27-29-31-33-35-37-39-46(53)58-42-44(43-59-51-50(57)49(56)48(55)45(41-52)61-51)60-47(54)40-38-36-34-32-30-28-25-18-16-14-12-10-8-6-4-2/h19-20,22-23,26-27,30-33,44-45,48-52,55-57H,3-18,21,24-25,28-29,34-43H2,1-2H3/b20-19+,23-22+,27-26+,32-30+,33-31+/t44-,45-,48+,49?,50?,51-/m0/s1. The number of rotatable bonds is 40. The lowest BCUT2D eigenvalue weighted by Crippen LogP contribution is -2.59. The van der Waals surface area contributed by atoms with Crippen LogP contribution in [0.1, 0.15) is 194 Å². The second-order valence-electron chi connectivity index (χ2n) is 16.6. The molecule has 0 amide bonds. The minimum absolute atomic E-state index is 0.186. The van der Waals surface area contributed by atoms with Crippen molar-refractivity contribution in [3.05, 3.63) is 60.8 Å². The molecule has 0 bridgehead atoms. The van der Waals surface area contributed by atoms with Crippen molar-refractivity contribution in [2.75, 3.05) is 19.8 Å². The highest BCUT2D eigenvalue weighted by Gasteiger charge is 2.44. The van der Waals surface area contributed by atoms with E-state index in [4.69, 9.17) is 18.9 Å². The number of hydrogen-bond acceptors (Lipinski definition) is 10. The molecule has 2 unspecified atom stereocenters. The molecule has 0 aromatic heterocycles. The van der Waals surface area contributed by atoms with E-state index in [0.29, 0.717) is 12.8 Å². The monoisotopic (exact) mass is 861 g/mol. The Morgan fingerprint density at radius 3 is 1.44 bits per heavy atom. The van der Waals surface area contributed by atoms with Gasteiger partial charge >= 0.3 is 11.9 Å².